The van der Waals surface area contributed by atoms with Crippen molar-refractivity contribution in [2.75, 3.05) is 6.61 Å². The van der Waals surface area contributed by atoms with E-state index in [9.17, 15) is 8.42 Å². The molecule has 0 radical (unpaired) electrons. The molecule has 1 fully saturated rings. The van der Waals surface area contributed by atoms with E-state index in [1.807, 2.05) is 6.92 Å². The van der Waals surface area contributed by atoms with Gasteiger partial charge in [-0.1, -0.05) is 6.42 Å². The molecule has 0 saturated heterocycles. The van der Waals surface area contributed by atoms with Gasteiger partial charge < -0.3 is 4.74 Å². The average Bonchev–Trinajstić information content (AvgIpc) is 2.18. The maximum Gasteiger partial charge on any atom is 0.261 e. The summed E-state index contributed by atoms with van der Waals surface area (Å²) in [7, 11) is 1.70. The van der Waals surface area contributed by atoms with Crippen LogP contribution in [0.4, 0.5) is 0 Å². The molecule has 1 aliphatic rings. The molecule has 0 N–H and O–H groups in total. The highest BCUT2D eigenvalue weighted by Gasteiger charge is 2.20. The van der Waals surface area contributed by atoms with Crippen LogP contribution >= 0.6 is 10.7 Å². The summed E-state index contributed by atoms with van der Waals surface area (Å²) in [6.45, 7) is 4.28. The van der Waals surface area contributed by atoms with E-state index in [1.165, 1.54) is 19.3 Å². The molecule has 0 aromatic heterocycles. The first-order valence-corrected chi connectivity index (χ1v) is 8.37. The molecule has 1 aliphatic carbocycles. The highest BCUT2D eigenvalue weighted by molar-refractivity contribution is 8.13. The lowest BCUT2D eigenvalue weighted by molar-refractivity contribution is 0.179. The van der Waals surface area contributed by atoms with E-state index < -0.39 is 9.05 Å². The second-order valence-corrected chi connectivity index (χ2v) is 7.46. The van der Waals surface area contributed by atoms with Crippen molar-refractivity contribution >= 4 is 19.7 Å². The highest BCUT2D eigenvalue weighted by atomic mass is 35.7. The third-order valence-corrected chi connectivity index (χ3v) is 4.90. The van der Waals surface area contributed by atoms with Gasteiger partial charge in [-0.15, -0.1) is 0 Å². The molecule has 0 atom stereocenters. The number of ether oxygens (including phenoxy) is 1. The van der Waals surface area contributed by atoms with Crippen molar-refractivity contribution in [3.63, 3.8) is 0 Å². The quantitative estimate of drug-likeness (QED) is 0.798. The van der Waals surface area contributed by atoms with Crippen LogP contribution < -0.4 is 4.74 Å². The molecule has 0 bridgehead atoms. The van der Waals surface area contributed by atoms with Crippen LogP contribution in [0.5, 0.6) is 5.75 Å². The Morgan fingerprint density at radius 3 is 2.44 bits per heavy atom. The molecular weight excluding hydrogens is 272 g/mol. The fourth-order valence-electron chi connectivity index (χ4n) is 2.05. The van der Waals surface area contributed by atoms with Gasteiger partial charge in [-0.25, -0.2) is 8.42 Å². The minimum Gasteiger partial charge on any atom is -0.493 e. The third kappa shape index (κ3) is 2.98. The zero-order chi connectivity index (χ0) is 13.3. The molecule has 1 saturated carbocycles. The van der Waals surface area contributed by atoms with E-state index in [0.717, 1.165) is 11.3 Å². The number of hydrogen-bond donors (Lipinski definition) is 0. The Kier molecular flexibility index (Phi) is 3.87. The monoisotopic (exact) mass is 288 g/mol. The van der Waals surface area contributed by atoms with E-state index in [4.69, 9.17) is 15.4 Å². The highest BCUT2D eigenvalue weighted by Crippen LogP contribution is 2.30. The normalized spacial score (nSPS) is 16.4. The zero-order valence-corrected chi connectivity index (χ0v) is 12.1. The number of aryl methyl sites for hydroxylation is 2. The lowest BCUT2D eigenvalue weighted by Gasteiger charge is -2.25. The molecular formula is C13H17ClO3S. The summed E-state index contributed by atoms with van der Waals surface area (Å²) in [5.74, 6) is 1.41. The Hall–Kier alpha value is -0.740. The lowest BCUT2D eigenvalue weighted by Crippen LogP contribution is -2.19. The second-order valence-electron chi connectivity index (χ2n) is 4.93. The van der Waals surface area contributed by atoms with Crippen LogP contribution in [0.3, 0.4) is 0 Å². The summed E-state index contributed by atoms with van der Waals surface area (Å²) < 4.78 is 28.5. The molecule has 0 unspecified atom stereocenters. The van der Waals surface area contributed by atoms with E-state index in [-0.39, 0.29) is 4.90 Å². The van der Waals surface area contributed by atoms with Crippen molar-refractivity contribution in [1.29, 1.82) is 0 Å². The van der Waals surface area contributed by atoms with Crippen LogP contribution in [-0.2, 0) is 9.05 Å². The van der Waals surface area contributed by atoms with E-state index in [1.54, 1.807) is 19.1 Å². The van der Waals surface area contributed by atoms with Gasteiger partial charge in [-0.3, -0.25) is 0 Å². The molecule has 5 heteroatoms. The van der Waals surface area contributed by atoms with E-state index >= 15 is 0 Å². The van der Waals surface area contributed by atoms with Crippen molar-refractivity contribution in [2.24, 2.45) is 5.92 Å². The van der Waals surface area contributed by atoms with Crippen molar-refractivity contribution in [3.8, 4) is 5.75 Å². The van der Waals surface area contributed by atoms with Gasteiger partial charge in [-0.2, -0.15) is 0 Å². The standard InChI is InChI=1S/C13H17ClO3S/c1-9-7-13(18(14,15)16)10(2)6-12(9)17-8-11-4-3-5-11/h6-7,11H,3-5,8H2,1-2H3. The van der Waals surface area contributed by atoms with Crippen LogP contribution in [0.2, 0.25) is 0 Å². The predicted octanol–water partition coefficient (Wildman–Crippen LogP) is 3.41. The summed E-state index contributed by atoms with van der Waals surface area (Å²) in [5, 5.41) is 0. The smallest absolute Gasteiger partial charge is 0.261 e. The molecule has 18 heavy (non-hydrogen) atoms. The molecule has 1 aromatic carbocycles. The van der Waals surface area contributed by atoms with Gasteiger partial charge >= 0.3 is 0 Å². The summed E-state index contributed by atoms with van der Waals surface area (Å²) in [6, 6.07) is 3.33. The van der Waals surface area contributed by atoms with Crippen LogP contribution in [0.15, 0.2) is 17.0 Å². The third-order valence-electron chi connectivity index (χ3n) is 3.43. The average molecular weight is 289 g/mol. The van der Waals surface area contributed by atoms with E-state index in [0.29, 0.717) is 18.1 Å². The largest absolute Gasteiger partial charge is 0.493 e. The van der Waals surface area contributed by atoms with E-state index in [2.05, 4.69) is 0 Å². The van der Waals surface area contributed by atoms with Crippen LogP contribution in [0.25, 0.3) is 0 Å². The van der Waals surface area contributed by atoms with Crippen LogP contribution in [0, 0.1) is 19.8 Å². The van der Waals surface area contributed by atoms with Gasteiger partial charge in [0.05, 0.1) is 11.5 Å². The van der Waals surface area contributed by atoms with Gasteiger partial charge in [0.25, 0.3) is 9.05 Å². The molecule has 0 heterocycles. The Bertz CT molecular complexity index is 548. The van der Waals surface area contributed by atoms with Gasteiger partial charge in [0, 0.05) is 10.7 Å². The van der Waals surface area contributed by atoms with Crippen molar-refractivity contribution < 1.29 is 13.2 Å². The number of rotatable bonds is 4. The Balaban J connectivity index is 2.19. The summed E-state index contributed by atoms with van der Waals surface area (Å²) in [6.07, 6.45) is 3.74. The first-order valence-electron chi connectivity index (χ1n) is 6.06. The Morgan fingerprint density at radius 2 is 1.94 bits per heavy atom. The summed E-state index contributed by atoms with van der Waals surface area (Å²) >= 11 is 0. The predicted molar refractivity (Wildman–Crippen MR) is 71.8 cm³/mol. The van der Waals surface area contributed by atoms with Crippen LogP contribution in [0.1, 0.15) is 30.4 Å². The SMILES string of the molecule is Cc1cc(S(=O)(=O)Cl)c(C)cc1OCC1CCC1. The molecule has 1 aromatic rings. The topological polar surface area (TPSA) is 43.4 Å². The Labute approximate surface area is 113 Å². The first kappa shape index (κ1) is 13.7. The number of halogens is 1. The summed E-state index contributed by atoms with van der Waals surface area (Å²) in [5.41, 5.74) is 1.43. The maximum atomic E-state index is 11.4. The van der Waals surface area contributed by atoms with Gasteiger partial charge in [0.1, 0.15) is 5.75 Å². The van der Waals surface area contributed by atoms with Gasteiger partial charge in [-0.05, 0) is 55.9 Å². The first-order chi connectivity index (χ1) is 8.38. The molecule has 100 valence electrons. The fraction of sp³-hybridized carbons (Fsp3) is 0.538. The molecule has 2 rings (SSSR count). The second kappa shape index (κ2) is 5.10. The number of hydrogen-bond acceptors (Lipinski definition) is 3. The van der Waals surface area contributed by atoms with Gasteiger partial charge in [0.15, 0.2) is 0 Å². The molecule has 0 amide bonds. The van der Waals surface area contributed by atoms with Crippen LogP contribution in [-0.4, -0.2) is 15.0 Å². The molecule has 0 aliphatic heterocycles. The molecule has 3 nitrogen and oxygen atoms in total. The minimum absolute atomic E-state index is 0.165. The van der Waals surface area contributed by atoms with Crippen molar-refractivity contribution in [1.82, 2.24) is 0 Å². The molecule has 0 spiro atoms. The summed E-state index contributed by atoms with van der Waals surface area (Å²) in [4.78, 5) is 0.165. The van der Waals surface area contributed by atoms with Crippen molar-refractivity contribution in [2.45, 2.75) is 38.0 Å². The lowest BCUT2D eigenvalue weighted by atomic mass is 9.86. The van der Waals surface area contributed by atoms with Gasteiger partial charge in [0.2, 0.25) is 0 Å². The Morgan fingerprint density at radius 1 is 1.28 bits per heavy atom. The minimum atomic E-state index is -3.68. The zero-order valence-electron chi connectivity index (χ0n) is 10.6. The maximum absolute atomic E-state index is 11.4. The van der Waals surface area contributed by atoms with Crippen molar-refractivity contribution in [3.05, 3.63) is 23.3 Å². The fourth-order valence-corrected chi connectivity index (χ4v) is 3.31. The number of benzene rings is 1.